The van der Waals surface area contributed by atoms with Crippen molar-refractivity contribution in [1.82, 2.24) is 9.80 Å². The van der Waals surface area contributed by atoms with Crippen LogP contribution in [-0.2, 0) is 4.79 Å². The molecule has 1 saturated carbocycles. The zero-order valence-electron chi connectivity index (χ0n) is 13.8. The van der Waals surface area contributed by atoms with Gasteiger partial charge in [0.2, 0.25) is 5.91 Å². The van der Waals surface area contributed by atoms with Crippen molar-refractivity contribution in [3.63, 3.8) is 0 Å². The van der Waals surface area contributed by atoms with Crippen LogP contribution in [0.4, 0.5) is 0 Å². The highest BCUT2D eigenvalue weighted by Gasteiger charge is 2.39. The zero-order valence-corrected chi connectivity index (χ0v) is 13.8. The fourth-order valence-corrected chi connectivity index (χ4v) is 3.81. The third kappa shape index (κ3) is 4.68. The average molecular weight is 295 g/mol. The van der Waals surface area contributed by atoms with Gasteiger partial charge < -0.3 is 15.5 Å². The Morgan fingerprint density at radius 2 is 1.76 bits per heavy atom. The van der Waals surface area contributed by atoms with Crippen LogP contribution in [0.25, 0.3) is 0 Å². The van der Waals surface area contributed by atoms with Crippen LogP contribution in [-0.4, -0.2) is 55.0 Å². The Morgan fingerprint density at radius 1 is 1.00 bits per heavy atom. The molecule has 0 aromatic heterocycles. The van der Waals surface area contributed by atoms with E-state index in [9.17, 15) is 4.79 Å². The number of amides is 1. The molecule has 0 atom stereocenters. The number of rotatable bonds is 6. The molecule has 2 rings (SSSR count). The maximum atomic E-state index is 12.8. The summed E-state index contributed by atoms with van der Waals surface area (Å²) in [5.41, 5.74) is 5.48. The first-order valence-electron chi connectivity index (χ1n) is 8.87. The van der Waals surface area contributed by atoms with Crippen molar-refractivity contribution < 1.29 is 4.79 Å². The Morgan fingerprint density at radius 3 is 2.48 bits per heavy atom. The summed E-state index contributed by atoms with van der Waals surface area (Å²) in [7, 11) is 0. The topological polar surface area (TPSA) is 49.6 Å². The summed E-state index contributed by atoms with van der Waals surface area (Å²) < 4.78 is 0. The first-order chi connectivity index (χ1) is 10.2. The van der Waals surface area contributed by atoms with Gasteiger partial charge in [-0.1, -0.05) is 26.2 Å². The van der Waals surface area contributed by atoms with Gasteiger partial charge in [0.05, 0.1) is 0 Å². The van der Waals surface area contributed by atoms with Crippen LogP contribution < -0.4 is 5.73 Å². The second-order valence-electron chi connectivity index (χ2n) is 7.10. The number of nitrogens with two attached hydrogens (primary N) is 1. The van der Waals surface area contributed by atoms with Gasteiger partial charge in [-0.3, -0.25) is 4.79 Å². The van der Waals surface area contributed by atoms with Gasteiger partial charge in [-0.15, -0.1) is 0 Å². The SMILES string of the molecule is CC1(C(=O)N2CCCN(CCCCCN)CC2)CCCC1. The lowest BCUT2D eigenvalue weighted by atomic mass is 9.87. The van der Waals surface area contributed by atoms with E-state index >= 15 is 0 Å². The second-order valence-corrected chi connectivity index (χ2v) is 7.10. The molecule has 2 fully saturated rings. The summed E-state index contributed by atoms with van der Waals surface area (Å²) >= 11 is 0. The molecular formula is C17H33N3O. The lowest BCUT2D eigenvalue weighted by Gasteiger charge is -2.31. The summed E-state index contributed by atoms with van der Waals surface area (Å²) in [4.78, 5) is 17.4. The minimum atomic E-state index is -0.0592. The van der Waals surface area contributed by atoms with E-state index in [-0.39, 0.29) is 5.41 Å². The van der Waals surface area contributed by atoms with Gasteiger partial charge in [0.1, 0.15) is 0 Å². The summed E-state index contributed by atoms with van der Waals surface area (Å²) in [5.74, 6) is 0.421. The molecule has 0 bridgehead atoms. The lowest BCUT2D eigenvalue weighted by molar-refractivity contribution is -0.140. The van der Waals surface area contributed by atoms with E-state index in [1.165, 1.54) is 32.2 Å². The Labute approximate surface area is 130 Å². The number of carbonyl (C=O) groups excluding carboxylic acids is 1. The standard InChI is InChI=1S/C17H33N3O/c1-17(8-3-4-9-17)16(21)20-13-7-12-19(14-15-20)11-6-2-5-10-18/h2-15,18H2,1H3. The molecule has 1 heterocycles. The van der Waals surface area contributed by atoms with Crippen LogP contribution in [0.3, 0.4) is 0 Å². The maximum absolute atomic E-state index is 12.8. The van der Waals surface area contributed by atoms with Crippen molar-refractivity contribution in [3.05, 3.63) is 0 Å². The Bertz CT molecular complexity index is 326. The first kappa shape index (κ1) is 16.8. The third-order valence-corrected chi connectivity index (χ3v) is 5.28. The summed E-state index contributed by atoms with van der Waals surface area (Å²) in [6.07, 6.45) is 9.36. The van der Waals surface area contributed by atoms with Crippen LogP contribution in [0.5, 0.6) is 0 Å². The van der Waals surface area contributed by atoms with E-state index in [1.807, 2.05) is 0 Å². The van der Waals surface area contributed by atoms with E-state index < -0.39 is 0 Å². The Balaban J connectivity index is 1.76. The number of hydrogen-bond acceptors (Lipinski definition) is 3. The van der Waals surface area contributed by atoms with Crippen molar-refractivity contribution in [1.29, 1.82) is 0 Å². The molecule has 2 N–H and O–H groups in total. The lowest BCUT2D eigenvalue weighted by Crippen LogP contribution is -2.43. The molecule has 0 unspecified atom stereocenters. The fraction of sp³-hybridized carbons (Fsp3) is 0.941. The third-order valence-electron chi connectivity index (χ3n) is 5.28. The molecule has 4 heteroatoms. The van der Waals surface area contributed by atoms with E-state index in [2.05, 4.69) is 16.7 Å². The average Bonchev–Trinajstić information content (AvgIpc) is 2.80. The molecule has 0 spiro atoms. The monoisotopic (exact) mass is 295 g/mol. The van der Waals surface area contributed by atoms with Crippen molar-refractivity contribution in [2.24, 2.45) is 11.1 Å². The van der Waals surface area contributed by atoms with Gasteiger partial charge >= 0.3 is 0 Å². The molecule has 0 radical (unpaired) electrons. The van der Waals surface area contributed by atoms with Crippen molar-refractivity contribution in [2.45, 2.75) is 58.3 Å². The summed E-state index contributed by atoms with van der Waals surface area (Å²) in [6.45, 7) is 8.21. The van der Waals surface area contributed by atoms with Gasteiger partial charge in [-0.25, -0.2) is 0 Å². The van der Waals surface area contributed by atoms with E-state index in [4.69, 9.17) is 5.73 Å². The predicted molar refractivity (Wildman–Crippen MR) is 87.1 cm³/mol. The molecule has 0 aromatic rings. The Kier molecular flexibility index (Phi) is 6.49. The zero-order chi connectivity index (χ0) is 15.1. The van der Waals surface area contributed by atoms with E-state index in [0.717, 1.165) is 58.4 Å². The predicted octanol–water partition coefficient (Wildman–Crippen LogP) is 2.23. The minimum Gasteiger partial charge on any atom is -0.341 e. The van der Waals surface area contributed by atoms with E-state index in [0.29, 0.717) is 5.91 Å². The molecule has 0 aromatic carbocycles. The van der Waals surface area contributed by atoms with Gasteiger partial charge in [0, 0.05) is 25.0 Å². The number of hydrogen-bond donors (Lipinski definition) is 1. The Hall–Kier alpha value is -0.610. The smallest absolute Gasteiger partial charge is 0.228 e. The van der Waals surface area contributed by atoms with Gasteiger partial charge in [-0.2, -0.15) is 0 Å². The summed E-state index contributed by atoms with van der Waals surface area (Å²) in [6, 6.07) is 0. The van der Waals surface area contributed by atoms with E-state index in [1.54, 1.807) is 0 Å². The largest absolute Gasteiger partial charge is 0.341 e. The highest BCUT2D eigenvalue weighted by molar-refractivity contribution is 5.82. The molecule has 4 nitrogen and oxygen atoms in total. The van der Waals surface area contributed by atoms with Gasteiger partial charge in [0.25, 0.3) is 0 Å². The molecular weight excluding hydrogens is 262 g/mol. The number of unbranched alkanes of at least 4 members (excludes halogenated alkanes) is 2. The molecule has 1 aliphatic carbocycles. The molecule has 122 valence electrons. The molecule has 21 heavy (non-hydrogen) atoms. The summed E-state index contributed by atoms with van der Waals surface area (Å²) in [5, 5.41) is 0. The van der Waals surface area contributed by atoms with Gasteiger partial charge in [-0.05, 0) is 51.7 Å². The minimum absolute atomic E-state index is 0.0592. The van der Waals surface area contributed by atoms with Crippen LogP contribution in [0.15, 0.2) is 0 Å². The van der Waals surface area contributed by atoms with Crippen molar-refractivity contribution >= 4 is 5.91 Å². The quantitative estimate of drug-likeness (QED) is 0.765. The van der Waals surface area contributed by atoms with Crippen molar-refractivity contribution in [2.75, 3.05) is 39.3 Å². The highest BCUT2D eigenvalue weighted by Crippen LogP contribution is 2.39. The van der Waals surface area contributed by atoms with Crippen LogP contribution >= 0.6 is 0 Å². The highest BCUT2D eigenvalue weighted by atomic mass is 16.2. The second kappa shape index (κ2) is 8.14. The number of carbonyl (C=O) groups is 1. The van der Waals surface area contributed by atoms with Crippen LogP contribution in [0.1, 0.15) is 58.3 Å². The van der Waals surface area contributed by atoms with Crippen LogP contribution in [0.2, 0.25) is 0 Å². The molecule has 1 saturated heterocycles. The molecule has 1 amide bonds. The molecule has 2 aliphatic rings. The first-order valence-corrected chi connectivity index (χ1v) is 8.87. The van der Waals surface area contributed by atoms with Crippen LogP contribution in [0, 0.1) is 5.41 Å². The fourth-order valence-electron chi connectivity index (χ4n) is 3.81. The number of nitrogens with zero attached hydrogens (tertiary/aromatic N) is 2. The normalized spacial score (nSPS) is 23.2. The van der Waals surface area contributed by atoms with Gasteiger partial charge in [0.15, 0.2) is 0 Å². The van der Waals surface area contributed by atoms with Crippen molar-refractivity contribution in [3.8, 4) is 0 Å². The maximum Gasteiger partial charge on any atom is 0.228 e. The molecule has 1 aliphatic heterocycles.